The van der Waals surface area contributed by atoms with Crippen LogP contribution in [0.2, 0.25) is 0 Å². The molecule has 0 aliphatic rings. The molecule has 118 valence electrons. The van der Waals surface area contributed by atoms with Crippen molar-refractivity contribution in [1.29, 1.82) is 0 Å². The highest BCUT2D eigenvalue weighted by molar-refractivity contribution is 5.08. The van der Waals surface area contributed by atoms with Crippen molar-refractivity contribution >= 4 is 0 Å². The maximum atomic E-state index is 4.57. The molecular formula is C18H21N5. The minimum Gasteiger partial charge on any atom is -0.273 e. The summed E-state index contributed by atoms with van der Waals surface area (Å²) in [4.78, 5) is 11.2. The number of aryl methyl sites for hydroxylation is 2. The maximum Gasteiger partial charge on any atom is 0.0938 e. The van der Waals surface area contributed by atoms with Crippen LogP contribution in [0, 0.1) is 13.8 Å². The van der Waals surface area contributed by atoms with Crippen LogP contribution in [0.15, 0.2) is 54.9 Å². The number of hydrogen-bond acceptors (Lipinski definition) is 4. The molecule has 3 heterocycles. The Bertz CT molecular complexity index is 695. The fraction of sp³-hybridized carbons (Fsp3) is 0.278. The summed E-state index contributed by atoms with van der Waals surface area (Å²) in [7, 11) is 0. The summed E-state index contributed by atoms with van der Waals surface area (Å²) in [6.45, 7) is 6.34. The van der Waals surface area contributed by atoms with Gasteiger partial charge in [-0.3, -0.25) is 19.5 Å². The lowest BCUT2D eigenvalue weighted by molar-refractivity contribution is 0.183. The van der Waals surface area contributed by atoms with Crippen LogP contribution in [-0.4, -0.2) is 24.6 Å². The Morgan fingerprint density at radius 2 is 1.52 bits per heavy atom. The lowest BCUT2D eigenvalue weighted by Gasteiger charge is -2.22. The van der Waals surface area contributed by atoms with Crippen molar-refractivity contribution in [3.05, 3.63) is 77.6 Å². The predicted molar refractivity (Wildman–Crippen MR) is 89.4 cm³/mol. The molecule has 0 atom stereocenters. The molecule has 3 aromatic rings. The second-order valence-corrected chi connectivity index (χ2v) is 5.70. The van der Waals surface area contributed by atoms with Gasteiger partial charge in [-0.15, -0.1) is 0 Å². The van der Waals surface area contributed by atoms with Crippen LogP contribution >= 0.6 is 0 Å². The molecule has 0 radical (unpaired) electrons. The third-order valence-corrected chi connectivity index (χ3v) is 3.66. The molecule has 0 saturated carbocycles. The van der Waals surface area contributed by atoms with Gasteiger partial charge in [0.25, 0.3) is 0 Å². The summed E-state index contributed by atoms with van der Waals surface area (Å²) >= 11 is 0. The zero-order chi connectivity index (χ0) is 16.1. The van der Waals surface area contributed by atoms with Gasteiger partial charge in [0.15, 0.2) is 0 Å². The molecule has 0 saturated heterocycles. The Morgan fingerprint density at radius 1 is 0.913 bits per heavy atom. The first-order valence-corrected chi connectivity index (χ1v) is 7.74. The Hall–Kier alpha value is -2.53. The maximum absolute atomic E-state index is 4.57. The minimum atomic E-state index is 0.715. The summed E-state index contributed by atoms with van der Waals surface area (Å²) in [5.74, 6) is 0. The van der Waals surface area contributed by atoms with Crippen LogP contribution in [0.4, 0.5) is 0 Å². The minimum absolute atomic E-state index is 0.715. The van der Waals surface area contributed by atoms with E-state index in [1.165, 1.54) is 0 Å². The monoisotopic (exact) mass is 307 g/mol. The van der Waals surface area contributed by atoms with Crippen LogP contribution in [-0.2, 0) is 19.8 Å². The van der Waals surface area contributed by atoms with Gasteiger partial charge in [0.1, 0.15) is 0 Å². The number of aromatic nitrogens is 4. The summed E-state index contributed by atoms with van der Waals surface area (Å²) < 4.78 is 2.03. The van der Waals surface area contributed by atoms with Crippen molar-refractivity contribution in [3.63, 3.8) is 0 Å². The van der Waals surface area contributed by atoms with Crippen LogP contribution in [0.3, 0.4) is 0 Å². The molecule has 0 aliphatic heterocycles. The van der Waals surface area contributed by atoms with Gasteiger partial charge in [-0.05, 0) is 44.2 Å². The first kappa shape index (κ1) is 15.4. The number of rotatable bonds is 6. The molecule has 3 aromatic heterocycles. The standard InChI is InChI=1S/C18H21N5/c1-15-11-16(2)23(21-15)14-22(12-17-7-3-5-9-19-17)13-18-8-4-6-10-20-18/h3-11H,12-14H2,1-2H3. The predicted octanol–water partition coefficient (Wildman–Crippen LogP) is 2.95. The third-order valence-electron chi connectivity index (χ3n) is 3.66. The number of nitrogens with zero attached hydrogens (tertiary/aromatic N) is 5. The summed E-state index contributed by atoms with van der Waals surface area (Å²) in [5, 5.41) is 4.57. The van der Waals surface area contributed by atoms with Crippen molar-refractivity contribution in [1.82, 2.24) is 24.6 Å². The van der Waals surface area contributed by atoms with E-state index in [-0.39, 0.29) is 0 Å². The SMILES string of the molecule is Cc1cc(C)n(CN(Cc2ccccn2)Cc2ccccn2)n1. The van der Waals surface area contributed by atoms with Gasteiger partial charge < -0.3 is 0 Å². The first-order chi connectivity index (χ1) is 11.2. The number of pyridine rings is 2. The van der Waals surface area contributed by atoms with E-state index in [1.807, 2.05) is 60.4 Å². The molecule has 0 aromatic carbocycles. The molecular weight excluding hydrogens is 286 g/mol. The Kier molecular flexibility index (Phi) is 4.78. The zero-order valence-electron chi connectivity index (χ0n) is 13.6. The molecule has 23 heavy (non-hydrogen) atoms. The molecule has 0 fully saturated rings. The molecule has 0 aliphatic carbocycles. The van der Waals surface area contributed by atoms with E-state index in [9.17, 15) is 0 Å². The average molecular weight is 307 g/mol. The second kappa shape index (κ2) is 7.15. The lowest BCUT2D eigenvalue weighted by Crippen LogP contribution is -2.27. The van der Waals surface area contributed by atoms with E-state index >= 15 is 0 Å². The molecule has 0 bridgehead atoms. The van der Waals surface area contributed by atoms with Gasteiger partial charge >= 0.3 is 0 Å². The van der Waals surface area contributed by atoms with E-state index in [4.69, 9.17) is 0 Å². The summed E-state index contributed by atoms with van der Waals surface area (Å²) in [5.41, 5.74) is 4.29. The Morgan fingerprint density at radius 3 is 1.96 bits per heavy atom. The van der Waals surface area contributed by atoms with Gasteiger partial charge in [0.05, 0.1) is 23.8 Å². The highest BCUT2D eigenvalue weighted by atomic mass is 15.4. The van der Waals surface area contributed by atoms with Crippen molar-refractivity contribution in [3.8, 4) is 0 Å². The van der Waals surface area contributed by atoms with Crippen LogP contribution in [0.25, 0.3) is 0 Å². The fourth-order valence-electron chi connectivity index (χ4n) is 2.60. The fourth-order valence-corrected chi connectivity index (χ4v) is 2.60. The third kappa shape index (κ3) is 4.23. The van der Waals surface area contributed by atoms with Crippen LogP contribution in [0.5, 0.6) is 0 Å². The van der Waals surface area contributed by atoms with Crippen molar-refractivity contribution in [2.24, 2.45) is 0 Å². The van der Waals surface area contributed by atoms with Gasteiger partial charge in [0.2, 0.25) is 0 Å². The number of hydrogen-bond donors (Lipinski definition) is 0. The van der Waals surface area contributed by atoms with Gasteiger partial charge in [-0.25, -0.2) is 0 Å². The summed E-state index contributed by atoms with van der Waals surface area (Å²) in [6, 6.07) is 14.1. The average Bonchev–Trinajstić information content (AvgIpc) is 2.87. The zero-order valence-corrected chi connectivity index (χ0v) is 13.6. The van der Waals surface area contributed by atoms with E-state index in [2.05, 4.69) is 33.0 Å². The Labute approximate surface area is 136 Å². The molecule has 0 spiro atoms. The first-order valence-electron chi connectivity index (χ1n) is 7.74. The lowest BCUT2D eigenvalue weighted by atomic mass is 10.3. The molecule has 5 heteroatoms. The van der Waals surface area contributed by atoms with Crippen molar-refractivity contribution in [2.75, 3.05) is 0 Å². The highest BCUT2D eigenvalue weighted by Gasteiger charge is 2.11. The van der Waals surface area contributed by atoms with Crippen molar-refractivity contribution < 1.29 is 0 Å². The topological polar surface area (TPSA) is 46.8 Å². The van der Waals surface area contributed by atoms with Gasteiger partial charge in [-0.1, -0.05) is 12.1 Å². The second-order valence-electron chi connectivity index (χ2n) is 5.70. The molecule has 0 N–H and O–H groups in total. The van der Waals surface area contributed by atoms with Gasteiger partial charge in [0, 0.05) is 31.2 Å². The van der Waals surface area contributed by atoms with Gasteiger partial charge in [-0.2, -0.15) is 5.10 Å². The highest BCUT2D eigenvalue weighted by Crippen LogP contribution is 2.10. The Balaban J connectivity index is 1.79. The molecule has 0 unspecified atom stereocenters. The molecule has 3 rings (SSSR count). The normalized spacial score (nSPS) is 11.1. The quantitative estimate of drug-likeness (QED) is 0.702. The van der Waals surface area contributed by atoms with E-state index in [0.717, 1.165) is 35.9 Å². The largest absolute Gasteiger partial charge is 0.273 e. The molecule has 0 amide bonds. The molecule has 5 nitrogen and oxygen atoms in total. The van der Waals surface area contributed by atoms with Crippen LogP contribution < -0.4 is 0 Å². The smallest absolute Gasteiger partial charge is 0.0938 e. The summed E-state index contributed by atoms with van der Waals surface area (Å²) in [6.07, 6.45) is 3.66. The van der Waals surface area contributed by atoms with E-state index in [1.54, 1.807) is 0 Å². The van der Waals surface area contributed by atoms with E-state index in [0.29, 0.717) is 6.67 Å². The van der Waals surface area contributed by atoms with Crippen LogP contribution in [0.1, 0.15) is 22.8 Å². The van der Waals surface area contributed by atoms with Crippen molar-refractivity contribution in [2.45, 2.75) is 33.6 Å². The van der Waals surface area contributed by atoms with E-state index < -0.39 is 0 Å².